The van der Waals surface area contributed by atoms with Gasteiger partial charge in [0.1, 0.15) is 5.54 Å². The lowest BCUT2D eigenvalue weighted by Crippen LogP contribution is -2.57. The molecule has 17 heavy (non-hydrogen) atoms. The first-order valence-corrected chi connectivity index (χ1v) is 6.56. The first-order valence-electron chi connectivity index (χ1n) is 5.77. The van der Waals surface area contributed by atoms with Gasteiger partial charge in [-0.05, 0) is 43.4 Å². The van der Waals surface area contributed by atoms with Crippen molar-refractivity contribution in [3.05, 3.63) is 34.3 Å². The summed E-state index contributed by atoms with van der Waals surface area (Å²) in [5.41, 5.74) is 6.46. The van der Waals surface area contributed by atoms with Gasteiger partial charge < -0.3 is 10.5 Å². The molecule has 0 spiro atoms. The van der Waals surface area contributed by atoms with Crippen LogP contribution in [-0.2, 0) is 9.53 Å². The summed E-state index contributed by atoms with van der Waals surface area (Å²) in [6, 6.07) is 8.14. The maximum Gasteiger partial charge on any atom is 0.326 e. The van der Waals surface area contributed by atoms with Crippen LogP contribution in [0.1, 0.15) is 31.2 Å². The molecule has 1 aromatic rings. The van der Waals surface area contributed by atoms with Crippen LogP contribution < -0.4 is 5.73 Å². The lowest BCUT2D eigenvalue weighted by Gasteiger charge is -2.42. The minimum Gasteiger partial charge on any atom is -0.465 e. The van der Waals surface area contributed by atoms with Gasteiger partial charge in [0.25, 0.3) is 0 Å². The number of ether oxygens (including phenoxy) is 1. The quantitative estimate of drug-likeness (QED) is 0.873. The van der Waals surface area contributed by atoms with E-state index in [1.807, 2.05) is 12.1 Å². The highest BCUT2D eigenvalue weighted by atomic mass is 79.9. The normalized spacial score (nSPS) is 27.4. The van der Waals surface area contributed by atoms with E-state index in [1.54, 1.807) is 6.92 Å². The molecule has 0 amide bonds. The van der Waals surface area contributed by atoms with Gasteiger partial charge in [0, 0.05) is 4.47 Å². The standard InChI is InChI=1S/C13H16BrNO2/c1-2-17-12(16)13(15)7-10(8-13)9-4-3-5-11(14)6-9/h3-6,10H,2,7-8,15H2,1H3. The molecule has 0 bridgehead atoms. The van der Waals surface area contributed by atoms with Gasteiger partial charge in [-0.1, -0.05) is 28.1 Å². The smallest absolute Gasteiger partial charge is 0.326 e. The molecule has 0 unspecified atom stereocenters. The molecule has 1 aromatic carbocycles. The van der Waals surface area contributed by atoms with E-state index < -0.39 is 5.54 Å². The van der Waals surface area contributed by atoms with E-state index >= 15 is 0 Å². The molecule has 0 heterocycles. The average Bonchev–Trinajstić information content (AvgIpc) is 2.25. The summed E-state index contributed by atoms with van der Waals surface area (Å²) in [5.74, 6) is 0.0909. The highest BCUT2D eigenvalue weighted by Gasteiger charge is 2.48. The van der Waals surface area contributed by atoms with Crippen LogP contribution in [0.5, 0.6) is 0 Å². The van der Waals surface area contributed by atoms with Crippen molar-refractivity contribution in [1.29, 1.82) is 0 Å². The molecule has 0 aromatic heterocycles. The van der Waals surface area contributed by atoms with Gasteiger partial charge >= 0.3 is 5.97 Å². The number of carbonyl (C=O) groups is 1. The van der Waals surface area contributed by atoms with E-state index in [0.717, 1.165) is 4.47 Å². The van der Waals surface area contributed by atoms with Crippen molar-refractivity contribution in [3.8, 4) is 0 Å². The second-order valence-corrected chi connectivity index (χ2v) is 5.45. The Kier molecular flexibility index (Phi) is 3.54. The second kappa shape index (κ2) is 4.78. The van der Waals surface area contributed by atoms with Crippen LogP contribution in [0.25, 0.3) is 0 Å². The summed E-state index contributed by atoms with van der Waals surface area (Å²) < 4.78 is 6.04. The van der Waals surface area contributed by atoms with Crippen molar-refractivity contribution >= 4 is 21.9 Å². The van der Waals surface area contributed by atoms with Crippen LogP contribution in [0.15, 0.2) is 28.7 Å². The number of carbonyl (C=O) groups excluding carboxylic acids is 1. The van der Waals surface area contributed by atoms with Gasteiger partial charge in [-0.3, -0.25) is 4.79 Å². The fourth-order valence-electron chi connectivity index (χ4n) is 2.26. The highest BCUT2D eigenvalue weighted by molar-refractivity contribution is 9.10. The number of rotatable bonds is 3. The van der Waals surface area contributed by atoms with Crippen molar-refractivity contribution in [1.82, 2.24) is 0 Å². The van der Waals surface area contributed by atoms with Crippen LogP contribution in [0.4, 0.5) is 0 Å². The molecule has 1 aliphatic rings. The molecule has 92 valence electrons. The Morgan fingerprint density at radius 2 is 2.29 bits per heavy atom. The molecule has 0 radical (unpaired) electrons. The van der Waals surface area contributed by atoms with Gasteiger partial charge in [0.15, 0.2) is 0 Å². The van der Waals surface area contributed by atoms with Crippen molar-refractivity contribution in [3.63, 3.8) is 0 Å². The van der Waals surface area contributed by atoms with Crippen molar-refractivity contribution in [2.45, 2.75) is 31.2 Å². The number of benzene rings is 1. The van der Waals surface area contributed by atoms with Crippen molar-refractivity contribution in [2.75, 3.05) is 6.61 Å². The lowest BCUT2D eigenvalue weighted by atomic mass is 9.66. The van der Waals surface area contributed by atoms with Crippen molar-refractivity contribution < 1.29 is 9.53 Å². The Hall–Kier alpha value is -0.870. The fourth-order valence-corrected chi connectivity index (χ4v) is 2.67. The molecule has 0 atom stereocenters. The van der Waals surface area contributed by atoms with Gasteiger partial charge in [-0.15, -0.1) is 0 Å². The zero-order valence-electron chi connectivity index (χ0n) is 9.78. The number of halogens is 1. The summed E-state index contributed by atoms with van der Waals surface area (Å²) in [6.07, 6.45) is 1.34. The predicted molar refractivity (Wildman–Crippen MR) is 69.7 cm³/mol. The van der Waals surface area contributed by atoms with Gasteiger partial charge in [-0.2, -0.15) is 0 Å². The number of esters is 1. The molecule has 1 aliphatic carbocycles. The Morgan fingerprint density at radius 3 is 2.88 bits per heavy atom. The minimum atomic E-state index is -0.775. The molecule has 1 fully saturated rings. The molecule has 2 rings (SSSR count). The highest BCUT2D eigenvalue weighted by Crippen LogP contribution is 2.44. The summed E-state index contributed by atoms with van der Waals surface area (Å²) in [6.45, 7) is 2.19. The van der Waals surface area contributed by atoms with Crippen LogP contribution in [-0.4, -0.2) is 18.1 Å². The topological polar surface area (TPSA) is 52.3 Å². The van der Waals surface area contributed by atoms with Crippen LogP contribution in [0.3, 0.4) is 0 Å². The predicted octanol–water partition coefficient (Wildman–Crippen LogP) is 2.59. The monoisotopic (exact) mass is 297 g/mol. The molecule has 0 saturated heterocycles. The van der Waals surface area contributed by atoms with E-state index in [9.17, 15) is 4.79 Å². The zero-order chi connectivity index (χ0) is 12.5. The summed E-state index contributed by atoms with van der Waals surface area (Å²) in [5, 5.41) is 0. The van der Waals surface area contributed by atoms with E-state index in [1.165, 1.54) is 5.56 Å². The Bertz CT molecular complexity index is 427. The second-order valence-electron chi connectivity index (χ2n) is 4.54. The SMILES string of the molecule is CCOC(=O)C1(N)CC(c2cccc(Br)c2)C1. The average molecular weight is 298 g/mol. The molecule has 1 saturated carbocycles. The number of hydrogen-bond donors (Lipinski definition) is 1. The molecule has 2 N–H and O–H groups in total. The van der Waals surface area contributed by atoms with Crippen LogP contribution in [0.2, 0.25) is 0 Å². The number of nitrogens with two attached hydrogens (primary N) is 1. The maximum atomic E-state index is 11.6. The number of hydrogen-bond acceptors (Lipinski definition) is 3. The van der Waals surface area contributed by atoms with E-state index in [-0.39, 0.29) is 5.97 Å². The van der Waals surface area contributed by atoms with E-state index in [4.69, 9.17) is 10.5 Å². The summed E-state index contributed by atoms with van der Waals surface area (Å²) in [7, 11) is 0. The molecule has 3 nitrogen and oxygen atoms in total. The van der Waals surface area contributed by atoms with E-state index in [0.29, 0.717) is 25.4 Å². The zero-order valence-corrected chi connectivity index (χ0v) is 11.4. The van der Waals surface area contributed by atoms with Crippen LogP contribution in [0, 0.1) is 0 Å². The van der Waals surface area contributed by atoms with Crippen LogP contribution >= 0.6 is 15.9 Å². The fraction of sp³-hybridized carbons (Fsp3) is 0.462. The largest absolute Gasteiger partial charge is 0.465 e. The third-order valence-electron chi connectivity index (χ3n) is 3.22. The maximum absolute atomic E-state index is 11.6. The Balaban J connectivity index is 2.00. The van der Waals surface area contributed by atoms with Crippen molar-refractivity contribution in [2.24, 2.45) is 5.73 Å². The molecule has 4 heteroatoms. The molecular formula is C13H16BrNO2. The summed E-state index contributed by atoms with van der Waals surface area (Å²) in [4.78, 5) is 11.6. The van der Waals surface area contributed by atoms with E-state index in [2.05, 4.69) is 28.1 Å². The first kappa shape index (κ1) is 12.6. The van der Waals surface area contributed by atoms with Gasteiger partial charge in [-0.25, -0.2) is 0 Å². The Morgan fingerprint density at radius 1 is 1.59 bits per heavy atom. The molecule has 0 aliphatic heterocycles. The third-order valence-corrected chi connectivity index (χ3v) is 3.72. The minimum absolute atomic E-state index is 0.272. The molecular weight excluding hydrogens is 282 g/mol. The lowest BCUT2D eigenvalue weighted by molar-refractivity contribution is -0.153. The van der Waals surface area contributed by atoms with Gasteiger partial charge in [0.2, 0.25) is 0 Å². The third kappa shape index (κ3) is 2.53. The summed E-state index contributed by atoms with van der Waals surface area (Å²) >= 11 is 3.44. The Labute approximate surface area is 109 Å². The first-order chi connectivity index (χ1) is 8.05. The van der Waals surface area contributed by atoms with Gasteiger partial charge in [0.05, 0.1) is 6.61 Å².